The van der Waals surface area contributed by atoms with Crippen LogP contribution >= 0.6 is 0 Å². The Balaban J connectivity index is 1.65. The molecule has 2 aromatic carbocycles. The summed E-state index contributed by atoms with van der Waals surface area (Å²) < 4.78 is 13.5. The van der Waals surface area contributed by atoms with Crippen molar-refractivity contribution in [2.24, 2.45) is 0 Å². The highest BCUT2D eigenvalue weighted by Gasteiger charge is 2.23. The number of H-pyrrole nitrogens is 1. The Bertz CT molecular complexity index is 1070. The topological polar surface area (TPSA) is 59.9 Å². The molecule has 1 amide bonds. The van der Waals surface area contributed by atoms with E-state index in [1.807, 2.05) is 24.3 Å². The lowest BCUT2D eigenvalue weighted by Gasteiger charge is -2.28. The molecule has 0 radical (unpaired) electrons. The summed E-state index contributed by atoms with van der Waals surface area (Å²) in [5.41, 5.74) is 3.79. The number of carbonyl (C=O) groups excluding carboxylic acids is 1. The largest absolute Gasteiger partial charge is 0.361 e. The molecule has 0 bridgehead atoms. The van der Waals surface area contributed by atoms with Gasteiger partial charge in [0.05, 0.1) is 0 Å². The van der Waals surface area contributed by atoms with Gasteiger partial charge >= 0.3 is 0 Å². The van der Waals surface area contributed by atoms with E-state index in [4.69, 9.17) is 0 Å². The van der Waals surface area contributed by atoms with Gasteiger partial charge in [-0.25, -0.2) is 4.39 Å². The average molecular weight is 345 g/mol. The molecule has 1 aliphatic rings. The van der Waals surface area contributed by atoms with Gasteiger partial charge in [-0.1, -0.05) is 24.3 Å². The van der Waals surface area contributed by atoms with Crippen LogP contribution in [-0.4, -0.2) is 22.3 Å². The first-order chi connectivity index (χ1) is 12.7. The predicted octanol–water partition coefficient (Wildman–Crippen LogP) is 3.80. The fraction of sp³-hybridized carbons (Fsp3) is 0.143. The Morgan fingerprint density at radius 2 is 2.04 bits per heavy atom. The molecule has 128 valence electrons. The lowest BCUT2D eigenvalue weighted by atomic mass is 9.99. The first-order valence-corrected chi connectivity index (χ1v) is 8.40. The van der Waals surface area contributed by atoms with E-state index in [0.29, 0.717) is 24.0 Å². The SMILES string of the molecule is N#C/C(=C\c1c[nH]c2ccc(F)cc12)C(=O)N1CCc2ccccc2C1. The zero-order valence-electron chi connectivity index (χ0n) is 14.0. The van der Waals surface area contributed by atoms with E-state index in [2.05, 4.69) is 11.1 Å². The number of amides is 1. The number of fused-ring (bicyclic) bond motifs is 2. The number of rotatable bonds is 2. The maximum absolute atomic E-state index is 13.5. The van der Waals surface area contributed by atoms with Gasteiger partial charge in [0, 0.05) is 35.8 Å². The standard InChI is InChI=1S/C21H16FN3O/c22-18-5-6-20-19(10-18)17(12-24-20)9-16(11-23)21(26)25-8-7-14-3-1-2-4-15(14)13-25/h1-6,9-10,12,24H,7-8,13H2/b16-9+. The molecular weight excluding hydrogens is 329 g/mol. The van der Waals surface area contributed by atoms with Crippen molar-refractivity contribution in [1.82, 2.24) is 9.88 Å². The summed E-state index contributed by atoms with van der Waals surface area (Å²) >= 11 is 0. The number of nitriles is 1. The fourth-order valence-electron chi connectivity index (χ4n) is 3.37. The first kappa shape index (κ1) is 16.1. The van der Waals surface area contributed by atoms with E-state index in [9.17, 15) is 14.4 Å². The number of aromatic amines is 1. The molecule has 5 heteroatoms. The van der Waals surface area contributed by atoms with Gasteiger partial charge in [-0.3, -0.25) is 4.79 Å². The van der Waals surface area contributed by atoms with Gasteiger partial charge in [0.15, 0.2) is 0 Å². The second-order valence-corrected chi connectivity index (χ2v) is 6.35. The number of nitrogens with zero attached hydrogens (tertiary/aromatic N) is 2. The number of aromatic nitrogens is 1. The van der Waals surface area contributed by atoms with Crippen LogP contribution in [0.15, 0.2) is 54.2 Å². The zero-order chi connectivity index (χ0) is 18.1. The van der Waals surface area contributed by atoms with E-state index < -0.39 is 0 Å². The summed E-state index contributed by atoms with van der Waals surface area (Å²) in [5, 5.41) is 10.1. The quantitative estimate of drug-likeness (QED) is 0.567. The Labute approximate surface area is 150 Å². The average Bonchev–Trinajstić information content (AvgIpc) is 3.07. The van der Waals surface area contributed by atoms with Gasteiger partial charge in [-0.15, -0.1) is 0 Å². The smallest absolute Gasteiger partial charge is 0.264 e. The summed E-state index contributed by atoms with van der Waals surface area (Å²) in [6.45, 7) is 1.08. The molecule has 4 rings (SSSR count). The molecule has 0 saturated heterocycles. The van der Waals surface area contributed by atoms with Crippen LogP contribution in [0.2, 0.25) is 0 Å². The van der Waals surface area contributed by atoms with Crippen LogP contribution in [0, 0.1) is 17.1 Å². The van der Waals surface area contributed by atoms with Crippen LogP contribution in [0.1, 0.15) is 16.7 Å². The van der Waals surface area contributed by atoms with E-state index in [0.717, 1.165) is 17.5 Å². The van der Waals surface area contributed by atoms with E-state index in [1.165, 1.54) is 23.8 Å². The summed E-state index contributed by atoms with van der Waals surface area (Å²) in [4.78, 5) is 17.5. The Morgan fingerprint density at radius 3 is 2.85 bits per heavy atom. The number of hydrogen-bond donors (Lipinski definition) is 1. The minimum Gasteiger partial charge on any atom is -0.361 e. The van der Waals surface area contributed by atoms with Crippen molar-refractivity contribution in [3.05, 3.63) is 76.7 Å². The highest BCUT2D eigenvalue weighted by molar-refractivity contribution is 6.04. The van der Waals surface area contributed by atoms with Gasteiger partial charge in [0.2, 0.25) is 0 Å². The second kappa shape index (κ2) is 6.49. The number of benzene rings is 2. The normalized spacial score (nSPS) is 14.2. The van der Waals surface area contributed by atoms with E-state index in [1.54, 1.807) is 17.2 Å². The van der Waals surface area contributed by atoms with Crippen molar-refractivity contribution in [3.63, 3.8) is 0 Å². The third-order valence-electron chi connectivity index (χ3n) is 4.74. The maximum Gasteiger partial charge on any atom is 0.264 e. The van der Waals surface area contributed by atoms with Crippen LogP contribution in [0.3, 0.4) is 0 Å². The zero-order valence-corrected chi connectivity index (χ0v) is 14.0. The number of nitrogens with one attached hydrogen (secondary N) is 1. The molecule has 3 aromatic rings. The van der Waals surface area contributed by atoms with Gasteiger partial charge in [-0.05, 0) is 41.8 Å². The van der Waals surface area contributed by atoms with Crippen molar-refractivity contribution in [3.8, 4) is 6.07 Å². The summed E-state index contributed by atoms with van der Waals surface area (Å²) in [6.07, 6.45) is 3.99. The van der Waals surface area contributed by atoms with Crippen LogP contribution in [0.4, 0.5) is 4.39 Å². The van der Waals surface area contributed by atoms with Crippen molar-refractivity contribution in [2.45, 2.75) is 13.0 Å². The second-order valence-electron chi connectivity index (χ2n) is 6.35. The summed E-state index contributed by atoms with van der Waals surface area (Å²) in [6, 6.07) is 14.4. The molecule has 4 nitrogen and oxygen atoms in total. The van der Waals surface area contributed by atoms with Crippen molar-refractivity contribution < 1.29 is 9.18 Å². The first-order valence-electron chi connectivity index (χ1n) is 8.40. The van der Waals surface area contributed by atoms with Gasteiger partial charge in [-0.2, -0.15) is 5.26 Å². The van der Waals surface area contributed by atoms with E-state index >= 15 is 0 Å². The van der Waals surface area contributed by atoms with Crippen LogP contribution in [-0.2, 0) is 17.8 Å². The summed E-state index contributed by atoms with van der Waals surface area (Å²) in [7, 11) is 0. The number of halogens is 1. The molecule has 1 aliphatic heterocycles. The molecule has 0 spiro atoms. The van der Waals surface area contributed by atoms with Crippen molar-refractivity contribution >= 4 is 22.9 Å². The highest BCUT2D eigenvalue weighted by atomic mass is 19.1. The molecule has 1 aromatic heterocycles. The highest BCUT2D eigenvalue weighted by Crippen LogP contribution is 2.24. The monoisotopic (exact) mass is 345 g/mol. The Kier molecular flexibility index (Phi) is 4.02. The number of carbonyl (C=O) groups is 1. The molecule has 0 atom stereocenters. The third-order valence-corrected chi connectivity index (χ3v) is 4.74. The Morgan fingerprint density at radius 1 is 1.23 bits per heavy atom. The lowest BCUT2D eigenvalue weighted by Crippen LogP contribution is -2.36. The maximum atomic E-state index is 13.5. The number of hydrogen-bond acceptors (Lipinski definition) is 2. The molecule has 2 heterocycles. The van der Waals surface area contributed by atoms with Crippen molar-refractivity contribution in [2.75, 3.05) is 6.54 Å². The summed E-state index contributed by atoms with van der Waals surface area (Å²) in [5.74, 6) is -0.656. The van der Waals surface area contributed by atoms with Gasteiger partial charge in [0.25, 0.3) is 5.91 Å². The van der Waals surface area contributed by atoms with Crippen LogP contribution < -0.4 is 0 Å². The molecular formula is C21H16FN3O. The van der Waals surface area contributed by atoms with Crippen LogP contribution in [0.25, 0.3) is 17.0 Å². The third kappa shape index (κ3) is 2.86. The predicted molar refractivity (Wildman–Crippen MR) is 97.4 cm³/mol. The van der Waals surface area contributed by atoms with Crippen LogP contribution in [0.5, 0.6) is 0 Å². The molecule has 0 fully saturated rings. The van der Waals surface area contributed by atoms with Gasteiger partial charge < -0.3 is 9.88 Å². The van der Waals surface area contributed by atoms with Crippen molar-refractivity contribution in [1.29, 1.82) is 5.26 Å². The molecule has 0 unspecified atom stereocenters. The molecule has 0 saturated carbocycles. The fourth-order valence-corrected chi connectivity index (χ4v) is 3.37. The van der Waals surface area contributed by atoms with Gasteiger partial charge in [0.1, 0.15) is 17.5 Å². The Hall–Kier alpha value is -3.39. The minimum atomic E-state index is -0.357. The lowest BCUT2D eigenvalue weighted by molar-refractivity contribution is -0.127. The molecule has 1 N–H and O–H groups in total. The molecule has 0 aliphatic carbocycles. The minimum absolute atomic E-state index is 0.0505. The molecule has 26 heavy (non-hydrogen) atoms. The van der Waals surface area contributed by atoms with E-state index in [-0.39, 0.29) is 17.3 Å².